The largest absolute Gasteiger partial charge is 0.495 e. The molecule has 162 valence electrons. The number of methoxy groups -OCH3 is 1. The minimum absolute atomic E-state index is 0.330. The number of hydrogen-bond acceptors (Lipinski definition) is 5. The Labute approximate surface area is 179 Å². The second-order valence-corrected chi connectivity index (χ2v) is 7.00. The van der Waals surface area contributed by atoms with Crippen molar-refractivity contribution >= 4 is 35.1 Å². The fourth-order valence-electron chi connectivity index (χ4n) is 3.20. The third kappa shape index (κ3) is 5.19. The summed E-state index contributed by atoms with van der Waals surface area (Å²) in [6.45, 7) is 1.54. The molecule has 0 unspecified atom stereocenters. The van der Waals surface area contributed by atoms with E-state index in [1.807, 2.05) is 6.92 Å². The lowest BCUT2D eigenvalue weighted by Gasteiger charge is -2.13. The number of rotatable bonds is 8. The van der Waals surface area contributed by atoms with E-state index in [0.717, 1.165) is 11.3 Å². The van der Waals surface area contributed by atoms with E-state index in [2.05, 4.69) is 16.0 Å². The molecule has 9 nitrogen and oxygen atoms in total. The van der Waals surface area contributed by atoms with E-state index in [0.29, 0.717) is 29.1 Å². The third-order valence-corrected chi connectivity index (χ3v) is 4.77. The SMILES string of the molecule is CCC[C@@H]1NC(=O)N(CC(=O)Nc2ccc(C(=O)Nc3ccccc3OC)cc2)C1=O. The first-order chi connectivity index (χ1) is 14.9. The van der Waals surface area contributed by atoms with Crippen LogP contribution in [0.2, 0.25) is 0 Å². The van der Waals surface area contributed by atoms with Crippen LogP contribution in [0.5, 0.6) is 5.75 Å². The minimum atomic E-state index is -0.577. The summed E-state index contributed by atoms with van der Waals surface area (Å²) in [6.07, 6.45) is 1.27. The Morgan fingerprint density at radius 3 is 2.45 bits per heavy atom. The number of nitrogens with zero attached hydrogens (tertiary/aromatic N) is 1. The molecular formula is C22H24N4O5. The molecule has 0 saturated carbocycles. The zero-order chi connectivity index (χ0) is 22.4. The average Bonchev–Trinajstić information content (AvgIpc) is 3.02. The van der Waals surface area contributed by atoms with Gasteiger partial charge < -0.3 is 20.7 Å². The van der Waals surface area contributed by atoms with Crippen LogP contribution in [0.3, 0.4) is 0 Å². The van der Waals surface area contributed by atoms with E-state index in [9.17, 15) is 19.2 Å². The van der Waals surface area contributed by atoms with Crippen LogP contribution < -0.4 is 20.7 Å². The highest BCUT2D eigenvalue weighted by Crippen LogP contribution is 2.24. The van der Waals surface area contributed by atoms with Gasteiger partial charge in [-0.2, -0.15) is 0 Å². The molecule has 0 aromatic heterocycles. The number of benzene rings is 2. The Morgan fingerprint density at radius 2 is 1.77 bits per heavy atom. The first-order valence-electron chi connectivity index (χ1n) is 9.89. The molecule has 2 aromatic carbocycles. The van der Waals surface area contributed by atoms with Crippen LogP contribution in [0.1, 0.15) is 30.1 Å². The van der Waals surface area contributed by atoms with E-state index in [-0.39, 0.29) is 12.5 Å². The van der Waals surface area contributed by atoms with Gasteiger partial charge in [0, 0.05) is 11.3 Å². The smallest absolute Gasteiger partial charge is 0.325 e. The van der Waals surface area contributed by atoms with Gasteiger partial charge in [0.25, 0.3) is 11.8 Å². The standard InChI is InChI=1S/C22H24N4O5/c1-3-6-17-21(29)26(22(30)25-17)13-19(27)23-15-11-9-14(10-12-15)20(28)24-16-7-4-5-8-18(16)31-2/h4-5,7-12,17H,3,6,13H2,1-2H3,(H,23,27)(H,24,28)(H,25,30)/t17-/m0/s1. The number of carbonyl (C=O) groups is 4. The van der Waals surface area contributed by atoms with Crippen LogP contribution in [0, 0.1) is 0 Å². The van der Waals surface area contributed by atoms with Gasteiger partial charge in [-0.25, -0.2) is 4.79 Å². The number of anilines is 2. The molecule has 1 atom stereocenters. The lowest BCUT2D eigenvalue weighted by atomic mass is 10.1. The highest BCUT2D eigenvalue weighted by Gasteiger charge is 2.38. The molecular weight excluding hydrogens is 400 g/mol. The maximum atomic E-state index is 12.5. The van der Waals surface area contributed by atoms with Crippen molar-refractivity contribution in [1.82, 2.24) is 10.2 Å². The van der Waals surface area contributed by atoms with Gasteiger partial charge in [-0.15, -0.1) is 0 Å². The summed E-state index contributed by atoms with van der Waals surface area (Å²) >= 11 is 0. The van der Waals surface area contributed by atoms with E-state index in [1.165, 1.54) is 7.11 Å². The van der Waals surface area contributed by atoms with Crippen molar-refractivity contribution in [3.63, 3.8) is 0 Å². The molecule has 31 heavy (non-hydrogen) atoms. The maximum absolute atomic E-state index is 12.5. The summed E-state index contributed by atoms with van der Waals surface area (Å²) in [4.78, 5) is 49.8. The molecule has 0 spiro atoms. The highest BCUT2D eigenvalue weighted by atomic mass is 16.5. The number of amides is 5. The maximum Gasteiger partial charge on any atom is 0.325 e. The van der Waals surface area contributed by atoms with Crippen molar-refractivity contribution < 1.29 is 23.9 Å². The van der Waals surface area contributed by atoms with Gasteiger partial charge in [0.05, 0.1) is 12.8 Å². The van der Waals surface area contributed by atoms with Gasteiger partial charge in [-0.3, -0.25) is 19.3 Å². The summed E-state index contributed by atoms with van der Waals surface area (Å²) in [5.41, 5.74) is 1.37. The van der Waals surface area contributed by atoms with Crippen LogP contribution in [-0.2, 0) is 9.59 Å². The summed E-state index contributed by atoms with van der Waals surface area (Å²) in [6, 6.07) is 12.2. The second-order valence-electron chi connectivity index (χ2n) is 7.00. The van der Waals surface area contributed by atoms with E-state index in [1.54, 1.807) is 48.5 Å². The van der Waals surface area contributed by atoms with Gasteiger partial charge in [0.1, 0.15) is 18.3 Å². The highest BCUT2D eigenvalue weighted by molar-refractivity contribution is 6.08. The van der Waals surface area contributed by atoms with Crippen molar-refractivity contribution in [2.24, 2.45) is 0 Å². The first-order valence-corrected chi connectivity index (χ1v) is 9.89. The number of carbonyl (C=O) groups excluding carboxylic acids is 4. The second kappa shape index (κ2) is 9.75. The zero-order valence-electron chi connectivity index (χ0n) is 17.3. The number of hydrogen-bond donors (Lipinski definition) is 3. The van der Waals surface area contributed by atoms with Crippen molar-refractivity contribution in [2.45, 2.75) is 25.8 Å². The van der Waals surface area contributed by atoms with Crippen LogP contribution >= 0.6 is 0 Å². The van der Waals surface area contributed by atoms with Crippen molar-refractivity contribution in [3.05, 3.63) is 54.1 Å². The summed E-state index contributed by atoms with van der Waals surface area (Å²) in [5, 5.41) is 7.97. The summed E-state index contributed by atoms with van der Waals surface area (Å²) < 4.78 is 5.22. The number of imide groups is 1. The quantitative estimate of drug-likeness (QED) is 0.563. The predicted molar refractivity (Wildman–Crippen MR) is 115 cm³/mol. The topological polar surface area (TPSA) is 117 Å². The average molecular weight is 424 g/mol. The van der Waals surface area contributed by atoms with Crippen LogP contribution in [0.15, 0.2) is 48.5 Å². The molecule has 0 radical (unpaired) electrons. The first kappa shape index (κ1) is 21.8. The molecule has 1 aliphatic rings. The fraction of sp³-hybridized carbons (Fsp3) is 0.273. The Bertz CT molecular complexity index is 990. The minimum Gasteiger partial charge on any atom is -0.495 e. The summed E-state index contributed by atoms with van der Waals surface area (Å²) in [5.74, 6) is -0.692. The van der Waals surface area contributed by atoms with Gasteiger partial charge in [-0.1, -0.05) is 25.5 Å². The van der Waals surface area contributed by atoms with Gasteiger partial charge in [0.2, 0.25) is 5.91 Å². The molecule has 3 rings (SSSR count). The van der Waals surface area contributed by atoms with E-state index in [4.69, 9.17) is 4.74 Å². The van der Waals surface area contributed by atoms with E-state index < -0.39 is 23.9 Å². The van der Waals surface area contributed by atoms with Crippen LogP contribution in [0.25, 0.3) is 0 Å². The molecule has 2 aromatic rings. The number of ether oxygens (including phenoxy) is 1. The number of urea groups is 1. The number of nitrogens with one attached hydrogen (secondary N) is 3. The summed E-state index contributed by atoms with van der Waals surface area (Å²) in [7, 11) is 1.52. The molecule has 5 amide bonds. The lowest BCUT2D eigenvalue weighted by molar-refractivity contribution is -0.130. The molecule has 1 fully saturated rings. The Balaban J connectivity index is 1.58. The lowest BCUT2D eigenvalue weighted by Crippen LogP contribution is -2.38. The van der Waals surface area contributed by atoms with Crippen LogP contribution in [0.4, 0.5) is 16.2 Å². The Kier molecular flexibility index (Phi) is 6.86. The van der Waals surface area contributed by atoms with Crippen molar-refractivity contribution in [1.29, 1.82) is 0 Å². The van der Waals surface area contributed by atoms with E-state index >= 15 is 0 Å². The molecule has 1 aliphatic heterocycles. The zero-order valence-corrected chi connectivity index (χ0v) is 17.3. The Morgan fingerprint density at radius 1 is 1.06 bits per heavy atom. The molecule has 0 aliphatic carbocycles. The monoisotopic (exact) mass is 424 g/mol. The number of para-hydroxylation sites is 2. The van der Waals surface area contributed by atoms with Crippen molar-refractivity contribution in [3.8, 4) is 5.75 Å². The van der Waals surface area contributed by atoms with Crippen LogP contribution in [-0.4, -0.2) is 48.3 Å². The molecule has 1 saturated heterocycles. The molecule has 1 heterocycles. The van der Waals surface area contributed by atoms with Gasteiger partial charge >= 0.3 is 6.03 Å². The predicted octanol–water partition coefficient (Wildman–Crippen LogP) is 2.61. The van der Waals surface area contributed by atoms with Gasteiger partial charge in [0.15, 0.2) is 0 Å². The van der Waals surface area contributed by atoms with Gasteiger partial charge in [-0.05, 0) is 42.8 Å². The molecule has 9 heteroatoms. The third-order valence-electron chi connectivity index (χ3n) is 4.77. The molecule has 0 bridgehead atoms. The fourth-order valence-corrected chi connectivity index (χ4v) is 3.20. The Hall–Kier alpha value is -3.88. The molecule has 3 N–H and O–H groups in total. The normalized spacial score (nSPS) is 15.4. The van der Waals surface area contributed by atoms with Crippen molar-refractivity contribution in [2.75, 3.05) is 24.3 Å².